The minimum Gasteiger partial charge on any atom is -0.354 e. The zero-order valence-corrected chi connectivity index (χ0v) is 6.49. The van der Waals surface area contributed by atoms with Crippen LogP contribution in [0, 0.1) is 0 Å². The number of carbonyl (C=O) groups excluding carboxylic acids is 1. The first-order valence-electron chi connectivity index (χ1n) is 3.81. The number of anilines is 1. The van der Waals surface area contributed by atoms with E-state index >= 15 is 0 Å². The van der Waals surface area contributed by atoms with Crippen molar-refractivity contribution in [3.63, 3.8) is 0 Å². The first-order valence-corrected chi connectivity index (χ1v) is 3.81. The van der Waals surface area contributed by atoms with Crippen LogP contribution in [-0.2, 0) is 16.1 Å². The highest BCUT2D eigenvalue weighted by Crippen LogP contribution is 2.21. The van der Waals surface area contributed by atoms with Gasteiger partial charge in [-0.15, -0.1) is 0 Å². The third-order valence-corrected chi connectivity index (χ3v) is 1.86. The summed E-state index contributed by atoms with van der Waals surface area (Å²) in [6.45, 7) is 0.507. The fourth-order valence-corrected chi connectivity index (χ4v) is 1.23. The Morgan fingerprint density at radius 2 is 2.33 bits per heavy atom. The van der Waals surface area contributed by atoms with Gasteiger partial charge in [0.2, 0.25) is 0 Å². The van der Waals surface area contributed by atoms with E-state index in [4.69, 9.17) is 4.74 Å². The Labute approximate surface area is 70.3 Å². The van der Waals surface area contributed by atoms with E-state index in [0.29, 0.717) is 6.61 Å². The Morgan fingerprint density at radius 3 is 3.17 bits per heavy atom. The predicted molar refractivity (Wildman–Crippen MR) is 44.7 cm³/mol. The molecular weight excluding hydrogens is 154 g/mol. The fraction of sp³-hybridized carbons (Fsp3) is 0.222. The van der Waals surface area contributed by atoms with Crippen molar-refractivity contribution in [1.82, 2.24) is 0 Å². The number of para-hydroxylation sites is 1. The quantitative estimate of drug-likeness (QED) is 0.631. The second-order valence-corrected chi connectivity index (χ2v) is 2.67. The third kappa shape index (κ3) is 1.19. The highest BCUT2D eigenvalue weighted by Gasteiger charge is 2.15. The van der Waals surface area contributed by atoms with E-state index in [1.54, 1.807) is 0 Å². The summed E-state index contributed by atoms with van der Waals surface area (Å²) in [5.74, 6) is 0. The Hall–Kier alpha value is -1.35. The van der Waals surface area contributed by atoms with Crippen molar-refractivity contribution in [3.8, 4) is 0 Å². The van der Waals surface area contributed by atoms with Crippen LogP contribution in [0.3, 0.4) is 0 Å². The highest BCUT2D eigenvalue weighted by atomic mass is 16.5. The van der Waals surface area contributed by atoms with E-state index in [-0.39, 0.29) is 0 Å². The predicted octanol–water partition coefficient (Wildman–Crippen LogP) is 1.15. The van der Waals surface area contributed by atoms with Gasteiger partial charge >= 0.3 is 0 Å². The highest BCUT2D eigenvalue weighted by molar-refractivity contribution is 5.65. The van der Waals surface area contributed by atoms with Crippen molar-refractivity contribution >= 4 is 12.0 Å². The van der Waals surface area contributed by atoms with Crippen LogP contribution < -0.4 is 5.32 Å². The number of aldehydes is 1. The molecule has 1 unspecified atom stereocenters. The molecule has 0 aliphatic carbocycles. The van der Waals surface area contributed by atoms with Crippen LogP contribution in [0.5, 0.6) is 0 Å². The molecule has 0 amide bonds. The van der Waals surface area contributed by atoms with Crippen molar-refractivity contribution in [2.45, 2.75) is 12.8 Å². The van der Waals surface area contributed by atoms with Gasteiger partial charge < -0.3 is 10.1 Å². The summed E-state index contributed by atoms with van der Waals surface area (Å²) >= 11 is 0. The lowest BCUT2D eigenvalue weighted by Crippen LogP contribution is -2.29. The van der Waals surface area contributed by atoms with Gasteiger partial charge in [0.25, 0.3) is 0 Å². The van der Waals surface area contributed by atoms with Crippen LogP contribution in [0.1, 0.15) is 5.56 Å². The van der Waals surface area contributed by atoms with E-state index in [0.717, 1.165) is 17.5 Å². The molecule has 62 valence electrons. The molecule has 3 nitrogen and oxygen atoms in total. The van der Waals surface area contributed by atoms with Crippen molar-refractivity contribution in [1.29, 1.82) is 0 Å². The molecule has 1 aromatic carbocycles. The van der Waals surface area contributed by atoms with Gasteiger partial charge in [-0.2, -0.15) is 0 Å². The minimum atomic E-state index is -0.486. The molecule has 1 aliphatic heterocycles. The van der Waals surface area contributed by atoms with Crippen molar-refractivity contribution in [2.24, 2.45) is 0 Å². The lowest BCUT2D eigenvalue weighted by Gasteiger charge is -2.23. The zero-order valence-electron chi connectivity index (χ0n) is 6.49. The van der Waals surface area contributed by atoms with Crippen LogP contribution in [0.2, 0.25) is 0 Å². The van der Waals surface area contributed by atoms with Gasteiger partial charge in [0.05, 0.1) is 6.61 Å². The monoisotopic (exact) mass is 163 g/mol. The van der Waals surface area contributed by atoms with E-state index in [1.165, 1.54) is 0 Å². The summed E-state index contributed by atoms with van der Waals surface area (Å²) in [4.78, 5) is 10.4. The molecule has 0 saturated carbocycles. The molecule has 1 aromatic rings. The Morgan fingerprint density at radius 1 is 1.50 bits per heavy atom. The second kappa shape index (κ2) is 2.95. The van der Waals surface area contributed by atoms with Gasteiger partial charge in [0.1, 0.15) is 0 Å². The number of hydrogen-bond donors (Lipinski definition) is 1. The molecule has 0 fully saturated rings. The molecule has 0 bridgehead atoms. The van der Waals surface area contributed by atoms with E-state index in [9.17, 15) is 4.79 Å². The Balaban J connectivity index is 2.28. The molecule has 1 N–H and O–H groups in total. The van der Waals surface area contributed by atoms with E-state index in [2.05, 4.69) is 5.32 Å². The molecule has 0 aromatic heterocycles. The van der Waals surface area contributed by atoms with Crippen molar-refractivity contribution < 1.29 is 9.53 Å². The standard InChI is InChI=1S/C9H9NO2/c11-5-9-10-8-4-2-1-3-7(8)6-12-9/h1-5,9-10H,6H2. The maximum Gasteiger partial charge on any atom is 0.184 e. The maximum atomic E-state index is 10.4. The first-order chi connectivity index (χ1) is 5.90. The Bertz CT molecular complexity index is 298. The van der Waals surface area contributed by atoms with Gasteiger partial charge in [0.15, 0.2) is 12.5 Å². The number of benzene rings is 1. The second-order valence-electron chi connectivity index (χ2n) is 2.67. The van der Waals surface area contributed by atoms with E-state index in [1.807, 2.05) is 24.3 Å². The third-order valence-electron chi connectivity index (χ3n) is 1.86. The molecule has 1 aliphatic rings. The summed E-state index contributed by atoms with van der Waals surface area (Å²) < 4.78 is 5.17. The van der Waals surface area contributed by atoms with Gasteiger partial charge in [-0.1, -0.05) is 18.2 Å². The van der Waals surface area contributed by atoms with Gasteiger partial charge in [-0.05, 0) is 6.07 Å². The van der Waals surface area contributed by atoms with Gasteiger partial charge in [0, 0.05) is 11.3 Å². The van der Waals surface area contributed by atoms with Crippen LogP contribution >= 0.6 is 0 Å². The molecule has 2 rings (SSSR count). The molecule has 1 heterocycles. The van der Waals surface area contributed by atoms with Crippen LogP contribution in [0.25, 0.3) is 0 Å². The largest absolute Gasteiger partial charge is 0.354 e. The summed E-state index contributed by atoms with van der Waals surface area (Å²) in [7, 11) is 0. The molecule has 1 atom stereocenters. The minimum absolute atomic E-state index is 0.486. The number of hydrogen-bond acceptors (Lipinski definition) is 3. The van der Waals surface area contributed by atoms with Crippen molar-refractivity contribution in [2.75, 3.05) is 5.32 Å². The van der Waals surface area contributed by atoms with Crippen LogP contribution in [0.4, 0.5) is 5.69 Å². The summed E-state index contributed by atoms with van der Waals surface area (Å²) in [6.07, 6.45) is 0.274. The average molecular weight is 163 g/mol. The number of rotatable bonds is 1. The zero-order chi connectivity index (χ0) is 8.39. The number of nitrogens with one attached hydrogen (secondary N) is 1. The maximum absolute atomic E-state index is 10.4. The number of carbonyl (C=O) groups is 1. The fourth-order valence-electron chi connectivity index (χ4n) is 1.23. The topological polar surface area (TPSA) is 38.3 Å². The van der Waals surface area contributed by atoms with Gasteiger partial charge in [-0.3, -0.25) is 4.79 Å². The molecule has 3 heteroatoms. The van der Waals surface area contributed by atoms with Gasteiger partial charge in [-0.25, -0.2) is 0 Å². The molecule has 0 spiro atoms. The molecular formula is C9H9NO2. The number of fused-ring (bicyclic) bond motifs is 1. The smallest absolute Gasteiger partial charge is 0.184 e. The lowest BCUT2D eigenvalue weighted by atomic mass is 10.1. The summed E-state index contributed by atoms with van der Waals surface area (Å²) in [5.41, 5.74) is 2.08. The molecule has 12 heavy (non-hydrogen) atoms. The SMILES string of the molecule is O=CC1Nc2ccccc2CO1. The normalized spacial score (nSPS) is 20.8. The summed E-state index contributed by atoms with van der Waals surface area (Å²) in [5, 5.41) is 2.96. The lowest BCUT2D eigenvalue weighted by molar-refractivity contribution is -0.117. The molecule has 0 saturated heterocycles. The van der Waals surface area contributed by atoms with Crippen LogP contribution in [-0.4, -0.2) is 12.5 Å². The van der Waals surface area contributed by atoms with Crippen molar-refractivity contribution in [3.05, 3.63) is 29.8 Å². The Kier molecular flexibility index (Phi) is 1.80. The van der Waals surface area contributed by atoms with E-state index < -0.39 is 6.23 Å². The first kappa shape index (κ1) is 7.31. The summed E-state index contributed by atoms with van der Waals surface area (Å²) in [6, 6.07) is 7.79. The molecule has 0 radical (unpaired) electrons. The average Bonchev–Trinajstić information content (AvgIpc) is 2.17. The number of ether oxygens (including phenoxy) is 1. The van der Waals surface area contributed by atoms with Crippen LogP contribution in [0.15, 0.2) is 24.3 Å².